The standard InChI is InChI=1S/C20H24N6O6S/c1-12-9-13(2)23-19-18(12)20(24-25(19)3)32-11-17(27)22-8-7-21-15-6-5-14(33(4,30)31)10-16(15)26(28)29/h5-6,9-10,21H,7-8,11H2,1-4H3,(H,22,27). The molecule has 0 aliphatic carbocycles. The SMILES string of the molecule is Cc1cc(C)c2c(OCC(=O)NCCNc3ccc(S(C)(=O)=O)cc3[N+](=O)[O-])nn(C)c2n1. The van der Waals surface area contributed by atoms with E-state index in [2.05, 4.69) is 20.7 Å². The predicted molar refractivity (Wildman–Crippen MR) is 121 cm³/mol. The first-order valence-corrected chi connectivity index (χ1v) is 11.8. The van der Waals surface area contributed by atoms with Crippen molar-refractivity contribution in [2.45, 2.75) is 18.7 Å². The summed E-state index contributed by atoms with van der Waals surface area (Å²) in [5.41, 5.74) is 2.24. The Morgan fingerprint density at radius 2 is 1.97 bits per heavy atom. The number of ether oxygens (including phenoxy) is 1. The second-order valence-electron chi connectivity index (χ2n) is 7.48. The third kappa shape index (κ3) is 5.55. The molecule has 0 atom stereocenters. The Bertz CT molecular complexity index is 1330. The van der Waals surface area contributed by atoms with Crippen molar-refractivity contribution in [1.29, 1.82) is 0 Å². The normalized spacial score (nSPS) is 11.4. The second kappa shape index (κ2) is 9.40. The van der Waals surface area contributed by atoms with Crippen LogP contribution in [-0.4, -0.2) is 60.0 Å². The van der Waals surface area contributed by atoms with E-state index in [1.807, 2.05) is 19.9 Å². The molecule has 0 bridgehead atoms. The first-order valence-electron chi connectivity index (χ1n) is 9.90. The smallest absolute Gasteiger partial charge is 0.293 e. The van der Waals surface area contributed by atoms with Gasteiger partial charge >= 0.3 is 0 Å². The fraction of sp³-hybridized carbons (Fsp3) is 0.350. The molecule has 1 aromatic carbocycles. The first-order chi connectivity index (χ1) is 15.5. The van der Waals surface area contributed by atoms with Crippen molar-refractivity contribution in [3.8, 4) is 5.88 Å². The number of carbonyl (C=O) groups excluding carboxylic acids is 1. The van der Waals surface area contributed by atoms with Gasteiger partial charge in [0.1, 0.15) is 5.69 Å². The minimum atomic E-state index is -3.57. The van der Waals surface area contributed by atoms with E-state index < -0.39 is 20.7 Å². The topological polar surface area (TPSA) is 158 Å². The number of aromatic nitrogens is 3. The fourth-order valence-corrected chi connectivity index (χ4v) is 3.92. The van der Waals surface area contributed by atoms with Gasteiger partial charge in [0.15, 0.2) is 22.1 Å². The largest absolute Gasteiger partial charge is 0.466 e. The number of hydrogen-bond acceptors (Lipinski definition) is 9. The Morgan fingerprint density at radius 3 is 2.64 bits per heavy atom. The van der Waals surface area contributed by atoms with Crippen LogP contribution < -0.4 is 15.4 Å². The molecular weight excluding hydrogens is 452 g/mol. The lowest BCUT2D eigenvalue weighted by Crippen LogP contribution is -2.32. The molecule has 3 rings (SSSR count). The van der Waals surface area contributed by atoms with Gasteiger partial charge in [0.25, 0.3) is 11.6 Å². The molecule has 1 amide bonds. The summed E-state index contributed by atoms with van der Waals surface area (Å²) in [6.45, 7) is 3.88. The number of nitro groups is 1. The van der Waals surface area contributed by atoms with Gasteiger partial charge in [0.05, 0.1) is 15.2 Å². The number of hydrogen-bond donors (Lipinski definition) is 2. The Morgan fingerprint density at radius 1 is 1.24 bits per heavy atom. The monoisotopic (exact) mass is 476 g/mol. The van der Waals surface area contributed by atoms with Gasteiger partial charge in [-0.1, -0.05) is 0 Å². The number of anilines is 1. The lowest BCUT2D eigenvalue weighted by molar-refractivity contribution is -0.384. The van der Waals surface area contributed by atoms with Crippen LogP contribution in [0.1, 0.15) is 11.3 Å². The number of aryl methyl sites for hydroxylation is 3. The zero-order chi connectivity index (χ0) is 24.3. The minimum Gasteiger partial charge on any atom is -0.466 e. The average molecular weight is 477 g/mol. The highest BCUT2D eigenvalue weighted by Crippen LogP contribution is 2.28. The van der Waals surface area contributed by atoms with E-state index in [0.717, 1.165) is 29.0 Å². The Labute approximate surface area is 190 Å². The molecule has 2 aromatic heterocycles. The number of sulfone groups is 1. The molecule has 3 aromatic rings. The number of fused-ring (bicyclic) bond motifs is 1. The van der Waals surface area contributed by atoms with Crippen LogP contribution in [0.4, 0.5) is 11.4 Å². The maximum atomic E-state index is 12.2. The van der Waals surface area contributed by atoms with Gasteiger partial charge in [-0.3, -0.25) is 14.9 Å². The lowest BCUT2D eigenvalue weighted by atomic mass is 10.2. The Balaban J connectivity index is 1.55. The minimum absolute atomic E-state index is 0.146. The maximum Gasteiger partial charge on any atom is 0.293 e. The molecule has 0 unspecified atom stereocenters. The van der Waals surface area contributed by atoms with Crippen molar-refractivity contribution in [2.75, 3.05) is 31.3 Å². The van der Waals surface area contributed by atoms with Crippen molar-refractivity contribution < 1.29 is 22.9 Å². The van der Waals surface area contributed by atoms with E-state index >= 15 is 0 Å². The number of nitrogens with zero attached hydrogens (tertiary/aromatic N) is 4. The molecular formula is C20H24N6O6S. The summed E-state index contributed by atoms with van der Waals surface area (Å²) in [6.07, 6.45) is 0.976. The Kier molecular flexibility index (Phi) is 6.81. The highest BCUT2D eigenvalue weighted by molar-refractivity contribution is 7.90. The molecule has 13 heteroatoms. The molecule has 0 aliphatic rings. The summed E-state index contributed by atoms with van der Waals surface area (Å²) in [7, 11) is -1.83. The third-order valence-corrected chi connectivity index (χ3v) is 5.89. The Hall–Kier alpha value is -3.74. The van der Waals surface area contributed by atoms with E-state index in [4.69, 9.17) is 4.74 Å². The van der Waals surface area contributed by atoms with Gasteiger partial charge in [0, 0.05) is 38.2 Å². The van der Waals surface area contributed by atoms with Gasteiger partial charge in [0.2, 0.25) is 5.88 Å². The summed E-state index contributed by atoms with van der Waals surface area (Å²) in [5, 5.41) is 21.8. The first kappa shape index (κ1) is 23.9. The number of amides is 1. The molecule has 0 saturated carbocycles. The molecule has 0 aliphatic heterocycles. The molecule has 2 heterocycles. The van der Waals surface area contributed by atoms with Crippen molar-refractivity contribution in [3.63, 3.8) is 0 Å². The van der Waals surface area contributed by atoms with Crippen LogP contribution in [0, 0.1) is 24.0 Å². The predicted octanol–water partition coefficient (Wildman–Crippen LogP) is 1.50. The van der Waals surface area contributed by atoms with Crippen LogP contribution in [-0.2, 0) is 21.7 Å². The van der Waals surface area contributed by atoms with Crippen LogP contribution >= 0.6 is 0 Å². The van der Waals surface area contributed by atoms with Crippen molar-refractivity contribution in [3.05, 3.63) is 45.6 Å². The number of nitrogens with one attached hydrogen (secondary N) is 2. The van der Waals surface area contributed by atoms with E-state index in [1.54, 1.807) is 11.7 Å². The maximum absolute atomic E-state index is 12.2. The number of nitro benzene ring substituents is 1. The summed E-state index contributed by atoms with van der Waals surface area (Å²) >= 11 is 0. The van der Waals surface area contributed by atoms with Crippen LogP contribution in [0.25, 0.3) is 11.0 Å². The number of carbonyl (C=O) groups is 1. The zero-order valence-corrected chi connectivity index (χ0v) is 19.4. The molecule has 33 heavy (non-hydrogen) atoms. The van der Waals surface area contributed by atoms with E-state index in [9.17, 15) is 23.3 Å². The van der Waals surface area contributed by atoms with Crippen molar-refractivity contribution in [2.24, 2.45) is 7.05 Å². The molecule has 2 N–H and O–H groups in total. The fourth-order valence-electron chi connectivity index (χ4n) is 3.28. The molecule has 0 fully saturated rings. The zero-order valence-electron chi connectivity index (χ0n) is 18.6. The quantitative estimate of drug-likeness (QED) is 0.265. The molecule has 176 valence electrons. The molecule has 12 nitrogen and oxygen atoms in total. The van der Waals surface area contributed by atoms with Crippen LogP contribution in [0.15, 0.2) is 29.2 Å². The van der Waals surface area contributed by atoms with Gasteiger partial charge in [-0.05, 0) is 37.6 Å². The summed E-state index contributed by atoms with van der Waals surface area (Å²) in [6, 6.07) is 5.51. The lowest BCUT2D eigenvalue weighted by Gasteiger charge is -2.10. The van der Waals surface area contributed by atoms with Gasteiger partial charge in [-0.15, -0.1) is 5.10 Å². The van der Waals surface area contributed by atoms with Crippen LogP contribution in [0.3, 0.4) is 0 Å². The molecule has 0 radical (unpaired) electrons. The van der Waals surface area contributed by atoms with Crippen molar-refractivity contribution in [1.82, 2.24) is 20.1 Å². The number of benzene rings is 1. The summed E-state index contributed by atoms with van der Waals surface area (Å²) < 4.78 is 30.4. The third-order valence-electron chi connectivity index (χ3n) is 4.78. The van der Waals surface area contributed by atoms with Crippen LogP contribution in [0.2, 0.25) is 0 Å². The van der Waals surface area contributed by atoms with Crippen LogP contribution in [0.5, 0.6) is 5.88 Å². The number of pyridine rings is 1. The highest BCUT2D eigenvalue weighted by Gasteiger charge is 2.19. The summed E-state index contributed by atoms with van der Waals surface area (Å²) in [4.78, 5) is 27.1. The second-order valence-corrected chi connectivity index (χ2v) is 9.50. The van der Waals surface area contributed by atoms with Gasteiger partial charge in [-0.25, -0.2) is 18.1 Å². The van der Waals surface area contributed by atoms with E-state index in [0.29, 0.717) is 11.5 Å². The number of rotatable bonds is 9. The van der Waals surface area contributed by atoms with E-state index in [1.165, 1.54) is 12.1 Å². The summed E-state index contributed by atoms with van der Waals surface area (Å²) in [5.74, 6) is -0.0809. The average Bonchev–Trinajstić information content (AvgIpc) is 3.04. The van der Waals surface area contributed by atoms with Gasteiger partial charge < -0.3 is 15.4 Å². The van der Waals surface area contributed by atoms with Crippen molar-refractivity contribution >= 4 is 38.2 Å². The van der Waals surface area contributed by atoms with Gasteiger partial charge in [-0.2, -0.15) is 0 Å². The molecule has 0 saturated heterocycles. The molecule has 0 spiro atoms. The van der Waals surface area contributed by atoms with E-state index in [-0.39, 0.29) is 36.0 Å². The highest BCUT2D eigenvalue weighted by atomic mass is 32.2.